The van der Waals surface area contributed by atoms with Crippen molar-refractivity contribution in [2.45, 2.75) is 39.6 Å². The quantitative estimate of drug-likeness (QED) is 0.249. The number of para-hydroxylation sites is 1. The molecule has 3 amide bonds. The molecule has 1 atom stereocenters. The van der Waals surface area contributed by atoms with Crippen LogP contribution in [0.5, 0.6) is 5.75 Å². The van der Waals surface area contributed by atoms with E-state index in [4.69, 9.17) is 0 Å². The molecule has 5 rings (SSSR count). The lowest BCUT2D eigenvalue weighted by molar-refractivity contribution is -0.274. The van der Waals surface area contributed by atoms with Gasteiger partial charge in [0.15, 0.2) is 11.0 Å². The van der Waals surface area contributed by atoms with Crippen LogP contribution in [-0.4, -0.2) is 44.0 Å². The van der Waals surface area contributed by atoms with Crippen LogP contribution in [-0.2, 0) is 4.79 Å². The number of ether oxygens (including phenoxy) is 1. The number of carbonyl (C=O) groups excluding carboxylic acids is 2. The first-order valence-corrected chi connectivity index (χ1v) is 14.3. The van der Waals surface area contributed by atoms with Gasteiger partial charge in [-0.15, -0.1) is 18.3 Å². The number of hydrogen-bond acceptors (Lipinski definition) is 6. The summed E-state index contributed by atoms with van der Waals surface area (Å²) in [6, 6.07) is 17.5. The van der Waals surface area contributed by atoms with Crippen molar-refractivity contribution in [1.29, 1.82) is 0 Å². The summed E-state index contributed by atoms with van der Waals surface area (Å²) in [6.45, 7) is 5.78. The molecule has 9 nitrogen and oxygen atoms in total. The lowest BCUT2D eigenvalue weighted by atomic mass is 10.0. The third-order valence-electron chi connectivity index (χ3n) is 6.73. The molecule has 0 aliphatic carbocycles. The number of thioether (sulfide) groups is 1. The molecule has 1 aliphatic rings. The molecular formula is C30H27F3N6O3S. The third kappa shape index (κ3) is 6.88. The van der Waals surface area contributed by atoms with Crippen molar-refractivity contribution in [3.63, 3.8) is 0 Å². The van der Waals surface area contributed by atoms with Gasteiger partial charge >= 0.3 is 12.4 Å². The highest BCUT2D eigenvalue weighted by molar-refractivity contribution is 8.15. The number of aromatic nitrogens is 3. The van der Waals surface area contributed by atoms with Crippen LogP contribution in [0, 0.1) is 13.8 Å². The fourth-order valence-corrected chi connectivity index (χ4v) is 5.55. The molecule has 2 heterocycles. The summed E-state index contributed by atoms with van der Waals surface area (Å²) in [6.07, 6.45) is -2.70. The minimum absolute atomic E-state index is 0.125. The molecule has 222 valence electrons. The Morgan fingerprint density at radius 3 is 2.37 bits per heavy atom. The Kier molecular flexibility index (Phi) is 8.53. The zero-order valence-electron chi connectivity index (χ0n) is 23.4. The fourth-order valence-electron chi connectivity index (χ4n) is 4.70. The van der Waals surface area contributed by atoms with Crippen LogP contribution in [0.3, 0.4) is 0 Å². The van der Waals surface area contributed by atoms with Crippen LogP contribution in [0.2, 0.25) is 0 Å². The Hall–Kier alpha value is -4.65. The molecule has 43 heavy (non-hydrogen) atoms. The first-order valence-electron chi connectivity index (χ1n) is 13.3. The van der Waals surface area contributed by atoms with Gasteiger partial charge in [-0.25, -0.2) is 14.5 Å². The van der Waals surface area contributed by atoms with Gasteiger partial charge < -0.3 is 10.1 Å². The van der Waals surface area contributed by atoms with Crippen LogP contribution >= 0.6 is 11.8 Å². The van der Waals surface area contributed by atoms with E-state index in [9.17, 15) is 22.8 Å². The number of rotatable bonds is 7. The molecular weight excluding hydrogens is 581 g/mol. The van der Waals surface area contributed by atoms with Crippen LogP contribution in [0.1, 0.15) is 36.1 Å². The maximum absolute atomic E-state index is 13.0. The summed E-state index contributed by atoms with van der Waals surface area (Å²) in [5, 5.41) is 7.70. The summed E-state index contributed by atoms with van der Waals surface area (Å²) in [5.74, 6) is 0.172. The highest BCUT2D eigenvalue weighted by Gasteiger charge is 2.33. The first-order chi connectivity index (χ1) is 20.5. The molecule has 0 saturated carbocycles. The van der Waals surface area contributed by atoms with Crippen LogP contribution < -0.4 is 15.0 Å². The maximum Gasteiger partial charge on any atom is 0.573 e. The van der Waals surface area contributed by atoms with Gasteiger partial charge in [-0.05, 0) is 61.2 Å². The Labute approximate surface area is 249 Å². The van der Waals surface area contributed by atoms with Gasteiger partial charge in [0.1, 0.15) is 12.1 Å². The van der Waals surface area contributed by atoms with Crippen LogP contribution in [0.25, 0.3) is 17.1 Å². The number of amidine groups is 1. The Morgan fingerprint density at radius 1 is 1.07 bits per heavy atom. The zero-order valence-corrected chi connectivity index (χ0v) is 24.2. The average Bonchev–Trinajstić information content (AvgIpc) is 3.59. The second kappa shape index (κ2) is 12.3. The Bertz CT molecular complexity index is 1650. The van der Waals surface area contributed by atoms with E-state index in [-0.39, 0.29) is 23.5 Å². The molecule has 0 radical (unpaired) electrons. The van der Waals surface area contributed by atoms with Gasteiger partial charge in [-0.1, -0.05) is 61.2 Å². The third-order valence-corrected chi connectivity index (χ3v) is 7.65. The summed E-state index contributed by atoms with van der Waals surface area (Å²) in [7, 11) is 0. The lowest BCUT2D eigenvalue weighted by Gasteiger charge is -2.21. The minimum Gasteiger partial charge on any atom is -0.406 e. The van der Waals surface area contributed by atoms with Crippen LogP contribution in [0.4, 0.5) is 23.7 Å². The fraction of sp³-hybridized carbons (Fsp3) is 0.233. The molecule has 1 saturated heterocycles. The van der Waals surface area contributed by atoms with E-state index in [1.54, 1.807) is 0 Å². The van der Waals surface area contributed by atoms with Gasteiger partial charge in [0.2, 0.25) is 5.91 Å². The number of urea groups is 1. The van der Waals surface area contributed by atoms with E-state index >= 15 is 0 Å². The van der Waals surface area contributed by atoms with E-state index in [0.717, 1.165) is 22.4 Å². The molecule has 1 unspecified atom stereocenters. The number of benzene rings is 3. The number of aryl methyl sites for hydroxylation is 2. The predicted octanol–water partition coefficient (Wildman–Crippen LogP) is 6.75. The summed E-state index contributed by atoms with van der Waals surface area (Å²) in [5.41, 5.74) is 4.66. The largest absolute Gasteiger partial charge is 0.573 e. The van der Waals surface area contributed by atoms with Crippen molar-refractivity contribution in [2.75, 3.05) is 10.7 Å². The maximum atomic E-state index is 13.0. The first kappa shape index (κ1) is 29.8. The van der Waals surface area contributed by atoms with E-state index < -0.39 is 12.4 Å². The Balaban J connectivity index is 1.27. The molecule has 0 spiro atoms. The van der Waals surface area contributed by atoms with Crippen molar-refractivity contribution in [3.05, 3.63) is 89.7 Å². The van der Waals surface area contributed by atoms with Gasteiger partial charge in [0, 0.05) is 5.56 Å². The van der Waals surface area contributed by atoms with Crippen LogP contribution in [0.15, 0.2) is 78.0 Å². The molecule has 1 N–H and O–H groups in total. The second-order valence-corrected chi connectivity index (χ2v) is 10.7. The average molecular weight is 609 g/mol. The smallest absolute Gasteiger partial charge is 0.406 e. The number of carbonyl (C=O) groups is 2. The molecule has 1 aromatic heterocycles. The number of halogens is 3. The predicted molar refractivity (Wildman–Crippen MR) is 158 cm³/mol. The lowest BCUT2D eigenvalue weighted by Crippen LogP contribution is -2.33. The number of nitrogens with zero attached hydrogens (tertiary/aromatic N) is 5. The number of anilines is 1. The highest BCUT2D eigenvalue weighted by atomic mass is 32.2. The van der Waals surface area contributed by atoms with Crippen molar-refractivity contribution in [2.24, 2.45) is 4.99 Å². The zero-order chi connectivity index (χ0) is 30.7. The molecule has 3 aromatic carbocycles. The van der Waals surface area contributed by atoms with Crippen molar-refractivity contribution < 1.29 is 27.5 Å². The standard InChI is InChI=1S/C30H27F3N6O3S/c1-4-24(35-28(41)36-29-39(25(40)16-43-29)26-18(2)6-5-7-19(26)3)20-8-10-21(11-9-20)27-34-17-38(37-27)22-12-14-23(15-13-22)42-30(31,32)33/h5-15,17,24H,4,16H2,1-3H3,(H,35,41)/b36-29-. The van der Waals surface area contributed by atoms with E-state index in [1.807, 2.05) is 63.2 Å². The monoisotopic (exact) mass is 608 g/mol. The molecule has 13 heteroatoms. The number of alkyl halides is 3. The number of aliphatic imine (C=N–C) groups is 1. The number of amides is 3. The Morgan fingerprint density at radius 2 is 1.74 bits per heavy atom. The van der Waals surface area contributed by atoms with Crippen molar-refractivity contribution >= 4 is 34.6 Å². The van der Waals surface area contributed by atoms with Gasteiger partial charge in [-0.2, -0.15) is 4.99 Å². The topological polar surface area (TPSA) is 102 Å². The summed E-state index contributed by atoms with van der Waals surface area (Å²) >= 11 is 1.23. The molecule has 0 bridgehead atoms. The van der Waals surface area contributed by atoms with Gasteiger partial charge in [0.25, 0.3) is 0 Å². The van der Waals surface area contributed by atoms with E-state index in [0.29, 0.717) is 28.7 Å². The van der Waals surface area contributed by atoms with Crippen molar-refractivity contribution in [1.82, 2.24) is 20.1 Å². The molecule has 4 aromatic rings. The van der Waals surface area contributed by atoms with E-state index in [2.05, 4.69) is 25.1 Å². The second-order valence-electron chi connectivity index (χ2n) is 9.74. The summed E-state index contributed by atoms with van der Waals surface area (Å²) in [4.78, 5) is 35.8. The van der Waals surface area contributed by atoms with Crippen molar-refractivity contribution in [3.8, 4) is 22.8 Å². The normalized spacial score (nSPS) is 15.2. The SMILES string of the molecule is CCC(NC(=O)/N=C1\SCC(=O)N1c1c(C)cccc1C)c1ccc(-c2ncn(-c3ccc(OC(F)(F)F)cc3)n2)cc1. The molecule has 1 aliphatic heterocycles. The molecule has 1 fully saturated rings. The van der Waals surface area contributed by atoms with Gasteiger partial charge in [0.05, 0.1) is 23.2 Å². The van der Waals surface area contributed by atoms with E-state index in [1.165, 1.54) is 51.9 Å². The number of hydrogen-bond donors (Lipinski definition) is 1. The minimum atomic E-state index is -4.77. The number of nitrogens with one attached hydrogen (secondary N) is 1. The van der Waals surface area contributed by atoms with Gasteiger partial charge in [-0.3, -0.25) is 9.69 Å². The highest BCUT2D eigenvalue weighted by Crippen LogP contribution is 2.32. The summed E-state index contributed by atoms with van der Waals surface area (Å²) < 4.78 is 42.6.